The fourth-order valence-electron chi connectivity index (χ4n) is 2.80. The number of ketones is 1. The van der Waals surface area contributed by atoms with Crippen molar-refractivity contribution in [1.82, 2.24) is 4.90 Å². The Morgan fingerprint density at radius 1 is 1.00 bits per heavy atom. The topological polar surface area (TPSA) is 57.6 Å². The van der Waals surface area contributed by atoms with Crippen molar-refractivity contribution in [1.29, 1.82) is 0 Å². The molecule has 1 unspecified atom stereocenters. The zero-order valence-corrected chi connectivity index (χ0v) is 15.9. The van der Waals surface area contributed by atoms with E-state index >= 15 is 0 Å². The normalized spacial score (nSPS) is 11.8. The number of aliphatic hydroxyl groups is 1. The van der Waals surface area contributed by atoms with Crippen LogP contribution >= 0.6 is 11.6 Å². The molecule has 0 aliphatic carbocycles. The van der Waals surface area contributed by atoms with Crippen molar-refractivity contribution in [3.05, 3.63) is 70.2 Å². The highest BCUT2D eigenvalue weighted by molar-refractivity contribution is 6.30. The fraction of sp³-hybridized carbons (Fsp3) is 0.333. The van der Waals surface area contributed by atoms with Crippen LogP contribution in [-0.2, 0) is 17.6 Å². The molecule has 0 saturated heterocycles. The lowest BCUT2D eigenvalue weighted by Gasteiger charge is -2.15. The van der Waals surface area contributed by atoms with Crippen LogP contribution in [0.1, 0.15) is 27.9 Å². The third-order valence-corrected chi connectivity index (χ3v) is 4.47. The molecular formula is C21H24ClNO3. The van der Waals surface area contributed by atoms with E-state index in [1.54, 1.807) is 38.4 Å². The van der Waals surface area contributed by atoms with Gasteiger partial charge < -0.3 is 10.0 Å². The summed E-state index contributed by atoms with van der Waals surface area (Å²) >= 11 is 5.85. The first-order chi connectivity index (χ1) is 12.4. The van der Waals surface area contributed by atoms with Gasteiger partial charge in [-0.05, 0) is 47.7 Å². The molecule has 0 saturated carbocycles. The van der Waals surface area contributed by atoms with Gasteiger partial charge in [-0.2, -0.15) is 0 Å². The highest BCUT2D eigenvalue weighted by Gasteiger charge is 2.15. The Kier molecular flexibility index (Phi) is 7.37. The Morgan fingerprint density at radius 3 is 2.12 bits per heavy atom. The Balaban J connectivity index is 1.93. The van der Waals surface area contributed by atoms with E-state index in [4.69, 9.17) is 11.6 Å². The van der Waals surface area contributed by atoms with Crippen LogP contribution in [0.3, 0.4) is 0 Å². The molecule has 0 heterocycles. The lowest BCUT2D eigenvalue weighted by molar-refractivity contribution is -0.119. The molecular weight excluding hydrogens is 350 g/mol. The molecule has 0 bridgehead atoms. The Bertz CT molecular complexity index is 739. The van der Waals surface area contributed by atoms with Gasteiger partial charge in [-0.25, -0.2) is 0 Å². The molecule has 0 radical (unpaired) electrons. The number of hydrogen-bond acceptors (Lipinski definition) is 3. The summed E-state index contributed by atoms with van der Waals surface area (Å²) in [4.78, 5) is 25.7. The maximum absolute atomic E-state index is 12.3. The molecule has 0 fully saturated rings. The Hall–Kier alpha value is -2.17. The van der Waals surface area contributed by atoms with Crippen molar-refractivity contribution in [3.8, 4) is 0 Å². The van der Waals surface area contributed by atoms with E-state index in [2.05, 4.69) is 0 Å². The molecule has 2 aromatic carbocycles. The third kappa shape index (κ3) is 5.97. The average Bonchev–Trinajstić information content (AvgIpc) is 2.63. The van der Waals surface area contributed by atoms with Crippen LogP contribution in [0.5, 0.6) is 0 Å². The predicted octanol–water partition coefficient (Wildman–Crippen LogP) is 3.39. The SMILES string of the molecule is CN(C)C(=O)c1ccc(CC(CO)CC(=O)Cc2ccc(Cl)cc2)cc1. The second-order valence-electron chi connectivity index (χ2n) is 6.70. The lowest BCUT2D eigenvalue weighted by Crippen LogP contribution is -2.21. The minimum Gasteiger partial charge on any atom is -0.396 e. The summed E-state index contributed by atoms with van der Waals surface area (Å²) in [6, 6.07) is 14.5. The fourth-order valence-corrected chi connectivity index (χ4v) is 2.93. The smallest absolute Gasteiger partial charge is 0.253 e. The van der Waals surface area contributed by atoms with Crippen molar-refractivity contribution in [2.75, 3.05) is 20.7 Å². The first-order valence-electron chi connectivity index (χ1n) is 8.56. The van der Waals surface area contributed by atoms with Crippen LogP contribution in [0.15, 0.2) is 48.5 Å². The van der Waals surface area contributed by atoms with Gasteiger partial charge in [-0.15, -0.1) is 0 Å². The molecule has 1 atom stereocenters. The summed E-state index contributed by atoms with van der Waals surface area (Å²) in [6.45, 7) is -0.0509. The number of hydrogen-bond donors (Lipinski definition) is 1. The number of amides is 1. The largest absolute Gasteiger partial charge is 0.396 e. The Labute approximate surface area is 159 Å². The maximum atomic E-state index is 12.3. The highest BCUT2D eigenvalue weighted by atomic mass is 35.5. The molecule has 2 aromatic rings. The molecule has 2 rings (SSSR count). The predicted molar refractivity (Wildman–Crippen MR) is 104 cm³/mol. The lowest BCUT2D eigenvalue weighted by atomic mass is 9.92. The Morgan fingerprint density at radius 2 is 1.58 bits per heavy atom. The van der Waals surface area contributed by atoms with Crippen LogP contribution in [0.4, 0.5) is 0 Å². The van der Waals surface area contributed by atoms with Crippen LogP contribution in [-0.4, -0.2) is 42.4 Å². The van der Waals surface area contributed by atoms with Crippen molar-refractivity contribution >= 4 is 23.3 Å². The van der Waals surface area contributed by atoms with Crippen LogP contribution < -0.4 is 0 Å². The molecule has 0 aliphatic rings. The molecule has 1 amide bonds. The molecule has 0 aromatic heterocycles. The second kappa shape index (κ2) is 9.51. The van der Waals surface area contributed by atoms with Crippen molar-refractivity contribution in [3.63, 3.8) is 0 Å². The quantitative estimate of drug-likeness (QED) is 0.771. The summed E-state index contributed by atoms with van der Waals surface area (Å²) < 4.78 is 0. The summed E-state index contributed by atoms with van der Waals surface area (Å²) in [6.07, 6.45) is 1.25. The molecule has 4 nitrogen and oxygen atoms in total. The number of carbonyl (C=O) groups is 2. The number of carbonyl (C=O) groups excluding carboxylic acids is 2. The van der Waals surface area contributed by atoms with Gasteiger partial charge in [0.05, 0.1) is 0 Å². The van der Waals surface area contributed by atoms with E-state index in [0.717, 1.165) is 11.1 Å². The number of halogens is 1. The highest BCUT2D eigenvalue weighted by Crippen LogP contribution is 2.16. The summed E-state index contributed by atoms with van der Waals surface area (Å²) in [7, 11) is 3.43. The number of nitrogens with zero attached hydrogens (tertiary/aromatic N) is 1. The van der Waals surface area contributed by atoms with E-state index in [9.17, 15) is 14.7 Å². The zero-order valence-electron chi connectivity index (χ0n) is 15.1. The first kappa shape index (κ1) is 20.1. The van der Waals surface area contributed by atoms with Gasteiger partial charge in [0.2, 0.25) is 0 Å². The van der Waals surface area contributed by atoms with Gasteiger partial charge >= 0.3 is 0 Å². The van der Waals surface area contributed by atoms with Crippen molar-refractivity contribution < 1.29 is 14.7 Å². The van der Waals surface area contributed by atoms with Crippen molar-refractivity contribution in [2.45, 2.75) is 19.3 Å². The van der Waals surface area contributed by atoms with Gasteiger partial charge in [0, 0.05) is 44.1 Å². The monoisotopic (exact) mass is 373 g/mol. The number of benzene rings is 2. The zero-order chi connectivity index (χ0) is 19.1. The van der Waals surface area contributed by atoms with Gasteiger partial charge in [0.25, 0.3) is 5.91 Å². The van der Waals surface area contributed by atoms with Crippen LogP contribution in [0.2, 0.25) is 5.02 Å². The number of Topliss-reactive ketones (excluding diaryl/α,β-unsaturated/α-hetero) is 1. The van der Waals surface area contributed by atoms with E-state index in [1.807, 2.05) is 24.3 Å². The minimum absolute atomic E-state index is 0.0478. The summed E-state index contributed by atoms with van der Waals surface area (Å²) in [5.74, 6) is -0.0932. The van der Waals surface area contributed by atoms with Gasteiger partial charge in [0.15, 0.2) is 0 Å². The van der Waals surface area contributed by atoms with Crippen LogP contribution in [0.25, 0.3) is 0 Å². The van der Waals surface area contributed by atoms with E-state index in [0.29, 0.717) is 29.8 Å². The molecule has 5 heteroatoms. The van der Waals surface area contributed by atoms with Crippen LogP contribution in [0, 0.1) is 5.92 Å². The molecule has 0 aliphatic heterocycles. The maximum Gasteiger partial charge on any atom is 0.253 e. The average molecular weight is 374 g/mol. The van der Waals surface area contributed by atoms with Gasteiger partial charge in [-0.1, -0.05) is 35.9 Å². The molecule has 138 valence electrons. The van der Waals surface area contributed by atoms with E-state index in [-0.39, 0.29) is 24.2 Å². The number of rotatable bonds is 8. The number of aliphatic hydroxyl groups excluding tert-OH is 1. The molecule has 0 spiro atoms. The summed E-state index contributed by atoms with van der Waals surface area (Å²) in [5, 5.41) is 10.3. The van der Waals surface area contributed by atoms with E-state index in [1.165, 1.54) is 4.90 Å². The molecule has 1 N–H and O–H groups in total. The second-order valence-corrected chi connectivity index (χ2v) is 7.13. The van der Waals surface area contributed by atoms with Gasteiger partial charge in [0.1, 0.15) is 5.78 Å². The minimum atomic E-state index is -0.134. The van der Waals surface area contributed by atoms with Crippen molar-refractivity contribution in [2.24, 2.45) is 5.92 Å². The first-order valence-corrected chi connectivity index (χ1v) is 8.94. The molecule has 26 heavy (non-hydrogen) atoms. The van der Waals surface area contributed by atoms with Gasteiger partial charge in [-0.3, -0.25) is 9.59 Å². The van der Waals surface area contributed by atoms with E-state index < -0.39 is 0 Å². The standard InChI is InChI=1S/C21H24ClNO3/c1-23(2)21(26)18-7-3-15(4-8-18)11-17(14-24)13-20(25)12-16-5-9-19(22)10-6-16/h3-10,17,24H,11-14H2,1-2H3. The third-order valence-electron chi connectivity index (χ3n) is 4.22. The summed E-state index contributed by atoms with van der Waals surface area (Å²) in [5.41, 5.74) is 2.54.